The van der Waals surface area contributed by atoms with Gasteiger partial charge in [-0.15, -0.1) is 0 Å². The summed E-state index contributed by atoms with van der Waals surface area (Å²) in [4.78, 5) is 2.62. The molecule has 2 atom stereocenters. The maximum atomic E-state index is 9.27. The number of aliphatic hydroxyl groups is 1. The zero-order chi connectivity index (χ0) is 12.4. The zero-order valence-electron chi connectivity index (χ0n) is 11.4. The first-order chi connectivity index (χ1) is 8.81. The quantitative estimate of drug-likeness (QED) is 0.819. The normalized spacial score (nSPS) is 37.2. The molecule has 3 heteroatoms. The molecule has 0 radical (unpaired) electrons. The number of hydrogen-bond donors (Lipinski definition) is 1. The Morgan fingerprint density at radius 1 is 1.17 bits per heavy atom. The van der Waals surface area contributed by atoms with Crippen molar-refractivity contribution in [3.8, 4) is 0 Å². The highest BCUT2D eigenvalue weighted by atomic mass is 16.5. The fourth-order valence-corrected chi connectivity index (χ4v) is 4.20. The van der Waals surface area contributed by atoms with Crippen molar-refractivity contribution < 1.29 is 9.84 Å². The van der Waals surface area contributed by atoms with Crippen LogP contribution in [0.5, 0.6) is 0 Å². The summed E-state index contributed by atoms with van der Waals surface area (Å²) >= 11 is 0. The van der Waals surface area contributed by atoms with Gasteiger partial charge in [0.2, 0.25) is 0 Å². The summed E-state index contributed by atoms with van der Waals surface area (Å²) in [7, 11) is 0. The Morgan fingerprint density at radius 2 is 2.00 bits per heavy atom. The van der Waals surface area contributed by atoms with E-state index in [9.17, 15) is 5.11 Å². The molecule has 1 saturated carbocycles. The molecule has 3 rings (SSSR count). The van der Waals surface area contributed by atoms with Crippen LogP contribution in [-0.2, 0) is 4.74 Å². The van der Waals surface area contributed by atoms with E-state index in [-0.39, 0.29) is 5.60 Å². The van der Waals surface area contributed by atoms with Crippen molar-refractivity contribution in [1.29, 1.82) is 0 Å². The molecule has 0 bridgehead atoms. The van der Waals surface area contributed by atoms with Gasteiger partial charge >= 0.3 is 0 Å². The number of hydrogen-bond acceptors (Lipinski definition) is 3. The summed E-state index contributed by atoms with van der Waals surface area (Å²) in [6.45, 7) is 3.61. The smallest absolute Gasteiger partial charge is 0.0697 e. The molecule has 0 aromatic rings. The Morgan fingerprint density at radius 3 is 2.72 bits per heavy atom. The third-order valence-corrected chi connectivity index (χ3v) is 5.32. The minimum atomic E-state index is 0.221. The van der Waals surface area contributed by atoms with Crippen LogP contribution in [-0.4, -0.2) is 48.0 Å². The Balaban J connectivity index is 1.60. The minimum absolute atomic E-state index is 0.221. The lowest BCUT2D eigenvalue weighted by atomic mass is 9.78. The summed E-state index contributed by atoms with van der Waals surface area (Å²) in [5.74, 6) is 0.523. The van der Waals surface area contributed by atoms with Gasteiger partial charge in [0.1, 0.15) is 0 Å². The van der Waals surface area contributed by atoms with Gasteiger partial charge in [-0.25, -0.2) is 0 Å². The van der Waals surface area contributed by atoms with E-state index in [2.05, 4.69) is 4.90 Å². The van der Waals surface area contributed by atoms with Crippen molar-refractivity contribution in [2.24, 2.45) is 5.92 Å². The van der Waals surface area contributed by atoms with E-state index in [0.717, 1.165) is 13.2 Å². The monoisotopic (exact) mass is 253 g/mol. The second-order valence-corrected chi connectivity index (χ2v) is 6.57. The Hall–Kier alpha value is -0.120. The molecular weight excluding hydrogens is 226 g/mol. The molecule has 0 aromatic carbocycles. The predicted octanol–water partition coefficient (Wildman–Crippen LogP) is 2.18. The topological polar surface area (TPSA) is 32.7 Å². The highest BCUT2D eigenvalue weighted by molar-refractivity contribution is 4.94. The maximum Gasteiger partial charge on any atom is 0.0697 e. The van der Waals surface area contributed by atoms with Crippen LogP contribution in [0.25, 0.3) is 0 Å². The first kappa shape index (κ1) is 12.9. The molecular formula is C15H27NO2. The Bertz CT molecular complexity index is 270. The highest BCUT2D eigenvalue weighted by Crippen LogP contribution is 2.40. The average molecular weight is 253 g/mol. The fourth-order valence-electron chi connectivity index (χ4n) is 4.20. The van der Waals surface area contributed by atoms with Gasteiger partial charge < -0.3 is 9.84 Å². The largest absolute Gasteiger partial charge is 0.396 e. The van der Waals surface area contributed by atoms with Crippen LogP contribution in [0, 0.1) is 5.92 Å². The van der Waals surface area contributed by atoms with Crippen molar-refractivity contribution in [3.63, 3.8) is 0 Å². The molecule has 0 amide bonds. The lowest BCUT2D eigenvalue weighted by Crippen LogP contribution is -2.49. The highest BCUT2D eigenvalue weighted by Gasteiger charge is 2.41. The molecule has 104 valence electrons. The van der Waals surface area contributed by atoms with E-state index in [1.54, 1.807) is 0 Å². The third-order valence-electron chi connectivity index (χ3n) is 5.32. The molecule has 18 heavy (non-hydrogen) atoms. The van der Waals surface area contributed by atoms with Crippen LogP contribution in [0.15, 0.2) is 0 Å². The molecule has 1 N–H and O–H groups in total. The molecule has 1 aliphatic carbocycles. The maximum absolute atomic E-state index is 9.27. The lowest BCUT2D eigenvalue weighted by Gasteiger charge is -2.46. The standard InChI is InChI=1S/C15H27NO2/c17-12-13-4-8-16(11-13)14-5-9-18-15(10-14)6-2-1-3-7-15/h13-14,17H,1-12H2. The van der Waals surface area contributed by atoms with Gasteiger partial charge in [-0.2, -0.15) is 0 Å². The fraction of sp³-hybridized carbons (Fsp3) is 1.00. The molecule has 3 nitrogen and oxygen atoms in total. The van der Waals surface area contributed by atoms with Crippen LogP contribution in [0.1, 0.15) is 51.4 Å². The summed E-state index contributed by atoms with van der Waals surface area (Å²) in [6, 6.07) is 0.716. The van der Waals surface area contributed by atoms with Crippen LogP contribution in [0.4, 0.5) is 0 Å². The molecule has 0 aromatic heterocycles. The molecule has 3 fully saturated rings. The SMILES string of the molecule is OCC1CCN(C2CCOC3(CCCCC3)C2)C1. The average Bonchev–Trinajstić information content (AvgIpc) is 2.88. The van der Waals surface area contributed by atoms with Crippen molar-refractivity contribution >= 4 is 0 Å². The second-order valence-electron chi connectivity index (χ2n) is 6.57. The van der Waals surface area contributed by atoms with Crippen molar-refractivity contribution in [2.45, 2.75) is 63.0 Å². The van der Waals surface area contributed by atoms with E-state index in [0.29, 0.717) is 18.6 Å². The van der Waals surface area contributed by atoms with Gasteiger partial charge in [0.25, 0.3) is 0 Å². The number of rotatable bonds is 2. The number of likely N-dealkylation sites (tertiary alicyclic amines) is 1. The van der Waals surface area contributed by atoms with Gasteiger partial charge in [-0.1, -0.05) is 19.3 Å². The van der Waals surface area contributed by atoms with Gasteiger partial charge in [-0.05, 0) is 44.6 Å². The van der Waals surface area contributed by atoms with E-state index < -0.39 is 0 Å². The molecule has 2 saturated heterocycles. The Kier molecular flexibility index (Phi) is 3.92. The van der Waals surface area contributed by atoms with E-state index >= 15 is 0 Å². The first-order valence-corrected chi connectivity index (χ1v) is 7.80. The van der Waals surface area contributed by atoms with Crippen molar-refractivity contribution in [1.82, 2.24) is 4.90 Å². The van der Waals surface area contributed by atoms with Crippen LogP contribution in [0.3, 0.4) is 0 Å². The Labute approximate surface area is 110 Å². The van der Waals surface area contributed by atoms with Gasteiger partial charge in [0.15, 0.2) is 0 Å². The van der Waals surface area contributed by atoms with Crippen molar-refractivity contribution in [3.05, 3.63) is 0 Å². The van der Waals surface area contributed by atoms with Crippen molar-refractivity contribution in [2.75, 3.05) is 26.3 Å². The molecule has 1 spiro atoms. The molecule has 2 heterocycles. The third kappa shape index (κ3) is 2.59. The summed E-state index contributed by atoms with van der Waals surface area (Å²) in [5, 5.41) is 9.27. The summed E-state index contributed by atoms with van der Waals surface area (Å²) in [6.07, 6.45) is 10.3. The zero-order valence-corrected chi connectivity index (χ0v) is 11.4. The number of ether oxygens (including phenoxy) is 1. The number of aliphatic hydroxyl groups excluding tert-OH is 1. The van der Waals surface area contributed by atoms with Gasteiger partial charge in [0.05, 0.1) is 5.60 Å². The molecule has 2 unspecified atom stereocenters. The summed E-state index contributed by atoms with van der Waals surface area (Å²) in [5.41, 5.74) is 0.221. The van der Waals surface area contributed by atoms with E-state index in [4.69, 9.17) is 4.74 Å². The van der Waals surface area contributed by atoms with Gasteiger partial charge in [-0.3, -0.25) is 4.90 Å². The van der Waals surface area contributed by atoms with Crippen LogP contribution in [0.2, 0.25) is 0 Å². The molecule has 3 aliphatic rings. The van der Waals surface area contributed by atoms with Crippen LogP contribution < -0.4 is 0 Å². The summed E-state index contributed by atoms with van der Waals surface area (Å²) < 4.78 is 6.17. The van der Waals surface area contributed by atoms with E-state index in [1.165, 1.54) is 57.9 Å². The van der Waals surface area contributed by atoms with E-state index in [1.807, 2.05) is 0 Å². The second kappa shape index (κ2) is 5.48. The van der Waals surface area contributed by atoms with Gasteiger partial charge in [0, 0.05) is 25.8 Å². The number of nitrogens with zero attached hydrogens (tertiary/aromatic N) is 1. The molecule has 2 aliphatic heterocycles. The predicted molar refractivity (Wildman–Crippen MR) is 71.6 cm³/mol. The van der Waals surface area contributed by atoms with Crippen LogP contribution >= 0.6 is 0 Å². The minimum Gasteiger partial charge on any atom is -0.396 e. The lowest BCUT2D eigenvalue weighted by molar-refractivity contribution is -0.122. The first-order valence-electron chi connectivity index (χ1n) is 7.80.